The minimum absolute atomic E-state index is 0.366. The molecule has 0 atom stereocenters. The van der Waals surface area contributed by atoms with Crippen LogP contribution in [0, 0.1) is 0 Å². The molecule has 2 N–H and O–H groups in total. The van der Waals surface area contributed by atoms with Crippen LogP contribution in [0.3, 0.4) is 0 Å². The zero-order valence-corrected chi connectivity index (χ0v) is 6.47. The quantitative estimate of drug-likeness (QED) is 0.518. The fourth-order valence-corrected chi connectivity index (χ4v) is 1.32. The Kier molecular flexibility index (Phi) is 0.974. The molecule has 0 spiro atoms. The Morgan fingerprint density at radius 1 is 1.15 bits per heavy atom. The largest absolute Gasteiger partial charge is 0.382 e. The van der Waals surface area contributed by atoms with Gasteiger partial charge in [0.1, 0.15) is 6.33 Å². The summed E-state index contributed by atoms with van der Waals surface area (Å²) in [4.78, 5) is 12.0. The molecule has 0 saturated carbocycles. The van der Waals surface area contributed by atoms with E-state index in [-0.39, 0.29) is 0 Å². The van der Waals surface area contributed by atoms with Gasteiger partial charge in [0.2, 0.25) is 0 Å². The van der Waals surface area contributed by atoms with Crippen molar-refractivity contribution in [2.45, 2.75) is 0 Å². The fourth-order valence-electron chi connectivity index (χ4n) is 1.32. The topological polar surface area (TPSA) is 89.9 Å². The number of nitrogen functional groups attached to an aromatic ring is 1. The van der Waals surface area contributed by atoms with Crippen molar-refractivity contribution >= 4 is 28.9 Å². The van der Waals surface area contributed by atoms with Gasteiger partial charge in [0.05, 0.1) is 10.9 Å². The van der Waals surface area contributed by atoms with Crippen LogP contribution >= 0.6 is 0 Å². The Labute approximate surface area is 72.6 Å². The summed E-state index contributed by atoms with van der Waals surface area (Å²) in [5.74, 6) is 0.978. The average molecular weight is 172 g/mol. The molecule has 0 aromatic carbocycles. The van der Waals surface area contributed by atoms with Crippen molar-refractivity contribution in [1.29, 1.82) is 0 Å². The van der Waals surface area contributed by atoms with Gasteiger partial charge in [0.15, 0.2) is 17.3 Å². The van der Waals surface area contributed by atoms with Gasteiger partial charge in [-0.3, -0.25) is 0 Å². The van der Waals surface area contributed by atoms with Crippen LogP contribution in [0.4, 0.5) is 11.6 Å². The smallest absolute Gasteiger partial charge is 0.187 e. The predicted octanol–water partition coefficient (Wildman–Crippen LogP) is 0.0660. The molecule has 1 aliphatic heterocycles. The number of rotatable bonds is 0. The molecule has 3 heterocycles. The van der Waals surface area contributed by atoms with Crippen molar-refractivity contribution in [3.63, 3.8) is 0 Å². The third-order valence-electron chi connectivity index (χ3n) is 1.92. The lowest BCUT2D eigenvalue weighted by Gasteiger charge is -1.98. The minimum Gasteiger partial charge on any atom is -0.382 e. The van der Waals surface area contributed by atoms with Crippen LogP contribution in [0.15, 0.2) is 11.3 Å². The van der Waals surface area contributed by atoms with Crippen LogP contribution in [0.1, 0.15) is 5.56 Å². The van der Waals surface area contributed by atoms with E-state index in [1.54, 1.807) is 6.21 Å². The normalized spacial score (nSPS) is 12.6. The molecule has 2 aromatic rings. The molecule has 0 amide bonds. The molecule has 0 saturated heterocycles. The summed E-state index contributed by atoms with van der Waals surface area (Å²) in [7, 11) is 0. The molecular formula is C7H4N6. The van der Waals surface area contributed by atoms with E-state index in [1.165, 1.54) is 6.33 Å². The summed E-state index contributed by atoms with van der Waals surface area (Å²) in [5, 5.41) is 8.38. The lowest BCUT2D eigenvalue weighted by molar-refractivity contribution is 1.05. The molecule has 6 nitrogen and oxygen atoms in total. The SMILES string of the molecule is Nc1nnc2ncnc3c2c1C=N3. The Morgan fingerprint density at radius 2 is 2.08 bits per heavy atom. The highest BCUT2D eigenvalue weighted by atomic mass is 15.2. The Balaban J connectivity index is 2.62. The van der Waals surface area contributed by atoms with Crippen molar-refractivity contribution in [2.75, 3.05) is 5.73 Å². The van der Waals surface area contributed by atoms with Crippen molar-refractivity contribution in [2.24, 2.45) is 4.99 Å². The second-order valence-corrected chi connectivity index (χ2v) is 2.65. The van der Waals surface area contributed by atoms with Crippen molar-refractivity contribution in [1.82, 2.24) is 20.2 Å². The molecule has 1 aliphatic rings. The maximum Gasteiger partial charge on any atom is 0.187 e. The van der Waals surface area contributed by atoms with Gasteiger partial charge in [0, 0.05) is 6.21 Å². The van der Waals surface area contributed by atoms with Crippen LogP contribution in [-0.2, 0) is 0 Å². The summed E-state index contributed by atoms with van der Waals surface area (Å²) in [5.41, 5.74) is 6.91. The summed E-state index contributed by atoms with van der Waals surface area (Å²) < 4.78 is 0. The molecule has 0 fully saturated rings. The molecular weight excluding hydrogens is 168 g/mol. The van der Waals surface area contributed by atoms with Gasteiger partial charge in [-0.15, -0.1) is 10.2 Å². The van der Waals surface area contributed by atoms with E-state index in [4.69, 9.17) is 5.73 Å². The molecule has 0 aliphatic carbocycles. The highest BCUT2D eigenvalue weighted by Gasteiger charge is 2.16. The predicted molar refractivity (Wildman–Crippen MR) is 46.8 cm³/mol. The second kappa shape index (κ2) is 1.98. The number of hydrogen-bond acceptors (Lipinski definition) is 6. The molecule has 3 rings (SSSR count). The summed E-state index contributed by atoms with van der Waals surface area (Å²) >= 11 is 0. The standard InChI is InChI=1S/C7H4N6/c8-5-3-1-9-6-4(3)7(13-12-5)11-2-10-6/h1-2H,(H2,8,12). The maximum atomic E-state index is 5.61. The summed E-state index contributed by atoms with van der Waals surface area (Å²) in [6, 6.07) is 0. The van der Waals surface area contributed by atoms with Crippen molar-refractivity contribution in [3.8, 4) is 0 Å². The van der Waals surface area contributed by atoms with E-state index >= 15 is 0 Å². The van der Waals surface area contributed by atoms with Gasteiger partial charge in [-0.05, 0) is 0 Å². The first-order valence-corrected chi connectivity index (χ1v) is 3.67. The Morgan fingerprint density at radius 3 is 3.00 bits per heavy atom. The summed E-state index contributed by atoms with van der Waals surface area (Å²) in [6.45, 7) is 0. The van der Waals surface area contributed by atoms with Gasteiger partial charge >= 0.3 is 0 Å². The Hall–Kier alpha value is -2.11. The number of nitrogens with two attached hydrogens (primary N) is 1. The number of aromatic nitrogens is 4. The second-order valence-electron chi connectivity index (χ2n) is 2.65. The number of hydrogen-bond donors (Lipinski definition) is 1. The first-order valence-electron chi connectivity index (χ1n) is 3.67. The lowest BCUT2D eigenvalue weighted by atomic mass is 10.2. The monoisotopic (exact) mass is 172 g/mol. The molecule has 0 unspecified atom stereocenters. The van der Waals surface area contributed by atoms with Gasteiger partial charge in [-0.25, -0.2) is 15.0 Å². The molecule has 0 bridgehead atoms. The Bertz CT molecular complexity index is 532. The van der Waals surface area contributed by atoms with Crippen LogP contribution in [-0.4, -0.2) is 26.4 Å². The number of nitrogens with zero attached hydrogens (tertiary/aromatic N) is 5. The van der Waals surface area contributed by atoms with E-state index in [0.717, 1.165) is 10.9 Å². The lowest BCUT2D eigenvalue weighted by Crippen LogP contribution is -1.99. The van der Waals surface area contributed by atoms with E-state index in [9.17, 15) is 0 Å². The minimum atomic E-state index is 0.366. The van der Waals surface area contributed by atoms with Crippen LogP contribution in [0.2, 0.25) is 0 Å². The van der Waals surface area contributed by atoms with Gasteiger partial charge in [-0.1, -0.05) is 0 Å². The third kappa shape index (κ3) is 0.689. The van der Waals surface area contributed by atoms with Crippen LogP contribution in [0.25, 0.3) is 11.0 Å². The van der Waals surface area contributed by atoms with E-state index in [2.05, 4.69) is 25.2 Å². The molecule has 13 heavy (non-hydrogen) atoms. The van der Waals surface area contributed by atoms with E-state index in [0.29, 0.717) is 17.3 Å². The van der Waals surface area contributed by atoms with E-state index < -0.39 is 0 Å². The van der Waals surface area contributed by atoms with Crippen molar-refractivity contribution in [3.05, 3.63) is 11.9 Å². The molecule has 62 valence electrons. The average Bonchev–Trinajstić information content (AvgIpc) is 2.57. The fraction of sp³-hybridized carbons (Fsp3) is 0. The van der Waals surface area contributed by atoms with E-state index in [1.807, 2.05) is 0 Å². The van der Waals surface area contributed by atoms with Crippen LogP contribution < -0.4 is 5.73 Å². The molecule has 2 aromatic heterocycles. The summed E-state index contributed by atoms with van der Waals surface area (Å²) in [6.07, 6.45) is 3.05. The van der Waals surface area contributed by atoms with Gasteiger partial charge in [-0.2, -0.15) is 0 Å². The van der Waals surface area contributed by atoms with Gasteiger partial charge in [0.25, 0.3) is 0 Å². The maximum absolute atomic E-state index is 5.61. The molecule has 6 heteroatoms. The van der Waals surface area contributed by atoms with Gasteiger partial charge < -0.3 is 5.73 Å². The first-order chi connectivity index (χ1) is 6.36. The van der Waals surface area contributed by atoms with Crippen molar-refractivity contribution < 1.29 is 0 Å². The van der Waals surface area contributed by atoms with Crippen LogP contribution in [0.5, 0.6) is 0 Å². The third-order valence-corrected chi connectivity index (χ3v) is 1.92. The number of aliphatic imine (C=N–C) groups is 1. The zero-order chi connectivity index (χ0) is 8.84. The highest BCUT2D eigenvalue weighted by molar-refractivity contribution is 6.10. The first kappa shape index (κ1) is 6.41. The highest BCUT2D eigenvalue weighted by Crippen LogP contribution is 2.29. The number of anilines is 1. The zero-order valence-electron chi connectivity index (χ0n) is 6.47. The molecule has 0 radical (unpaired) electrons.